The highest BCUT2D eigenvalue weighted by Crippen LogP contribution is 2.35. The number of benzene rings is 6. The van der Waals surface area contributed by atoms with Gasteiger partial charge in [-0.3, -0.25) is 48.9 Å². The summed E-state index contributed by atoms with van der Waals surface area (Å²) < 4.78 is 139. The van der Waals surface area contributed by atoms with Gasteiger partial charge in [-0.1, -0.05) is 30.3 Å². The van der Waals surface area contributed by atoms with Crippen molar-refractivity contribution >= 4 is 144 Å². The van der Waals surface area contributed by atoms with Gasteiger partial charge >= 0.3 is 0 Å². The van der Waals surface area contributed by atoms with E-state index in [0.717, 1.165) is 47.7 Å². The number of carbonyl (C=O) groups excluding carboxylic acids is 3. The zero-order chi connectivity index (χ0) is 59.1. The highest BCUT2D eigenvalue weighted by molar-refractivity contribution is 7.91. The summed E-state index contributed by atoms with van der Waals surface area (Å²) in [5, 5.41) is 26.1. The van der Waals surface area contributed by atoms with Crippen LogP contribution < -0.4 is 38.4 Å². The predicted molar refractivity (Wildman–Crippen MR) is 306 cm³/mol. The summed E-state index contributed by atoms with van der Waals surface area (Å²) in [6, 6.07) is 26.2. The van der Waals surface area contributed by atoms with Crippen LogP contribution in [0.25, 0.3) is 12.2 Å². The lowest BCUT2D eigenvalue weighted by Gasteiger charge is -2.18. The van der Waals surface area contributed by atoms with Crippen LogP contribution in [0.5, 0.6) is 0 Å². The fourth-order valence-electron chi connectivity index (χ4n) is 8.03. The number of nitrogens with zero attached hydrogens (tertiary/aromatic N) is 5. The molecule has 0 saturated carbocycles. The Morgan fingerprint density at radius 2 is 1.02 bits per heavy atom. The summed E-state index contributed by atoms with van der Waals surface area (Å²) in [5.41, 5.74) is 19.5. The normalized spacial score (nSPS) is 16.1. The van der Waals surface area contributed by atoms with Crippen LogP contribution in [-0.2, 0) is 45.3 Å². The fraction of sp³-hybridized carbons (Fsp3) is 0.0196. The van der Waals surface area contributed by atoms with Gasteiger partial charge in [0.1, 0.15) is 31.0 Å². The second-order valence-corrected chi connectivity index (χ2v) is 23.3. The maximum absolute atomic E-state index is 13.9. The summed E-state index contributed by atoms with van der Waals surface area (Å²) in [6.07, 6.45) is 6.18. The molecule has 0 aliphatic heterocycles. The number of anilines is 8. The first-order valence-corrected chi connectivity index (χ1v) is 29.0. The molecule has 82 heavy (non-hydrogen) atoms. The fourth-order valence-corrected chi connectivity index (χ4v) is 10.6. The van der Waals surface area contributed by atoms with E-state index in [0.29, 0.717) is 11.4 Å². The standard InChI is InChI=1S/C51H40N12O15S4/c1-26-4-2-3-5-39(26)55-43-23-34(64)15-17-40(43)60-57-31-8-6-27-18-46(81(73,74)75)48(50(65)35(27)20-31)62-56-30-12-10-29(11-13-30)54-41-16-14-33(22-45(41)80(70,71)72)59-63-49-47(82(76,77)78)19-28-7-9-32(21-36(28)51(49)66)58-61-42-25-44(79(67,68)69)38(53)24-37(42)52/h2-25,54-57,59H,52-53H2,1H3,(H,67,68,69)(H,70,71,72)(H,73,74,75)(H,76,77,78)/b60-40-,61-58?,62-48+,63-49+. The molecule has 6 aromatic rings. The third kappa shape index (κ3) is 12.6. The first kappa shape index (κ1) is 56.8. The zero-order valence-electron chi connectivity index (χ0n) is 41.7. The summed E-state index contributed by atoms with van der Waals surface area (Å²) in [5.74, 6) is -2.25. The maximum Gasteiger partial charge on any atom is 0.296 e. The molecule has 9 rings (SSSR count). The molecule has 0 aromatic heterocycles. The molecule has 3 aliphatic carbocycles. The second kappa shape index (κ2) is 22.0. The van der Waals surface area contributed by atoms with Crippen LogP contribution in [0.4, 0.5) is 56.9 Å². The third-order valence-corrected chi connectivity index (χ3v) is 15.6. The number of nitrogens with one attached hydrogen (secondary N) is 5. The van der Waals surface area contributed by atoms with Crippen LogP contribution in [0, 0.1) is 6.92 Å². The lowest BCUT2D eigenvalue weighted by Crippen LogP contribution is -2.27. The molecule has 0 radical (unpaired) electrons. The Morgan fingerprint density at radius 3 is 1.65 bits per heavy atom. The quantitative estimate of drug-likeness (QED) is 0.0147. The van der Waals surface area contributed by atoms with E-state index >= 15 is 0 Å². The lowest BCUT2D eigenvalue weighted by atomic mass is 9.94. The van der Waals surface area contributed by atoms with Gasteiger partial charge in [-0.05, 0) is 133 Å². The molecule has 418 valence electrons. The molecule has 0 unspecified atom stereocenters. The molecule has 6 aromatic carbocycles. The SMILES string of the molecule is Cc1ccccc1NC1=CC(=O)C=C/C1=N/Nc1ccc2c(c1)C(=O)/C(=N/Nc1ccc(Nc3ccc(N/N=C4/C(=O)c5cc(N=Nc6cc(S(=O)(=O)O)c(N)cc6N)ccc5C=C4S(=O)(=O)O)cc3S(=O)(=O)O)cc1)C(S(=O)(=O)O)=C2. The first-order valence-electron chi connectivity index (χ1n) is 23.2. The number of carbonyl (C=O) groups is 3. The number of para-hydroxylation sites is 1. The molecule has 27 nitrogen and oxygen atoms in total. The molecule has 0 atom stereocenters. The van der Waals surface area contributed by atoms with Gasteiger partial charge < -0.3 is 22.1 Å². The molecule has 13 N–H and O–H groups in total. The minimum atomic E-state index is -5.15. The van der Waals surface area contributed by atoms with E-state index in [1.54, 1.807) is 0 Å². The van der Waals surface area contributed by atoms with Gasteiger partial charge in [0.2, 0.25) is 11.6 Å². The molecule has 0 saturated heterocycles. The van der Waals surface area contributed by atoms with Crippen molar-refractivity contribution < 1.29 is 66.3 Å². The second-order valence-electron chi connectivity index (χ2n) is 17.7. The van der Waals surface area contributed by atoms with Crippen molar-refractivity contribution in [3.05, 3.63) is 177 Å². The Kier molecular flexibility index (Phi) is 15.2. The maximum atomic E-state index is 13.9. The van der Waals surface area contributed by atoms with Crippen molar-refractivity contribution in [2.24, 2.45) is 25.5 Å². The molecular weight excluding hydrogens is 1150 g/mol. The van der Waals surface area contributed by atoms with Crippen LogP contribution in [0.2, 0.25) is 0 Å². The van der Waals surface area contributed by atoms with Gasteiger partial charge in [0.15, 0.2) is 17.2 Å². The molecule has 0 bridgehead atoms. The minimum absolute atomic E-state index is 0.0143. The number of ketones is 3. The first-order chi connectivity index (χ1) is 38.6. The molecule has 31 heteroatoms. The molecule has 0 heterocycles. The average molecular weight is 1190 g/mol. The number of Topliss-reactive ketones (excluding diaryl/α,β-unsaturated/α-hetero) is 2. The smallest absolute Gasteiger partial charge is 0.296 e. The number of hydrogen-bond donors (Lipinski definition) is 11. The molecule has 0 spiro atoms. The summed E-state index contributed by atoms with van der Waals surface area (Å²) >= 11 is 0. The lowest BCUT2D eigenvalue weighted by molar-refractivity contribution is -0.110. The molecular formula is C51H40N12O15S4. The van der Waals surface area contributed by atoms with Gasteiger partial charge in [-0.2, -0.15) is 54.1 Å². The number of nitrogen functional groups attached to an aromatic ring is 2. The van der Waals surface area contributed by atoms with Crippen LogP contribution >= 0.6 is 0 Å². The van der Waals surface area contributed by atoms with E-state index in [-0.39, 0.29) is 79.2 Å². The highest BCUT2D eigenvalue weighted by atomic mass is 32.2. The van der Waals surface area contributed by atoms with Gasteiger partial charge in [-0.25, -0.2) is 0 Å². The Morgan fingerprint density at radius 1 is 0.476 bits per heavy atom. The molecule has 0 fully saturated rings. The number of hydrogen-bond acceptors (Lipinski definition) is 23. The van der Waals surface area contributed by atoms with E-state index in [4.69, 9.17) is 11.5 Å². The Hall–Kier alpha value is -9.86. The number of rotatable bonds is 16. The zero-order valence-corrected chi connectivity index (χ0v) is 44.9. The van der Waals surface area contributed by atoms with E-state index in [1.807, 2.05) is 31.2 Å². The van der Waals surface area contributed by atoms with E-state index in [2.05, 4.69) is 52.4 Å². The number of hydrazone groups is 3. The van der Waals surface area contributed by atoms with Gasteiger partial charge in [0, 0.05) is 28.6 Å². The number of fused-ring (bicyclic) bond motifs is 2. The van der Waals surface area contributed by atoms with Crippen LogP contribution in [0.1, 0.15) is 37.4 Å². The monoisotopic (exact) mass is 1190 g/mol. The largest absolute Gasteiger partial charge is 0.398 e. The van der Waals surface area contributed by atoms with Crippen molar-refractivity contribution in [1.29, 1.82) is 0 Å². The van der Waals surface area contributed by atoms with Crippen LogP contribution in [0.15, 0.2) is 184 Å². The van der Waals surface area contributed by atoms with Gasteiger partial charge in [-0.15, -0.1) is 5.11 Å². The van der Waals surface area contributed by atoms with E-state index in [9.17, 15) is 66.3 Å². The van der Waals surface area contributed by atoms with Crippen molar-refractivity contribution in [3.63, 3.8) is 0 Å². The number of aryl methyl sites for hydroxylation is 1. The van der Waals surface area contributed by atoms with Crippen molar-refractivity contribution in [2.75, 3.05) is 38.4 Å². The van der Waals surface area contributed by atoms with Gasteiger partial charge in [0.05, 0.1) is 45.5 Å². The van der Waals surface area contributed by atoms with Crippen molar-refractivity contribution in [2.45, 2.75) is 16.7 Å². The Labute approximate surface area is 465 Å². The molecule has 0 amide bonds. The van der Waals surface area contributed by atoms with E-state index in [1.165, 1.54) is 85.0 Å². The van der Waals surface area contributed by atoms with E-state index < -0.39 is 83.1 Å². The predicted octanol–water partition coefficient (Wildman–Crippen LogP) is 7.50. The van der Waals surface area contributed by atoms with Crippen LogP contribution in [0.3, 0.4) is 0 Å². The highest BCUT2D eigenvalue weighted by Gasteiger charge is 2.35. The summed E-state index contributed by atoms with van der Waals surface area (Å²) in [7, 11) is -20.0. The molecule has 3 aliphatic rings. The number of allylic oxidation sites excluding steroid dienone is 5. The summed E-state index contributed by atoms with van der Waals surface area (Å²) in [6.45, 7) is 1.89. The minimum Gasteiger partial charge on any atom is -0.398 e. The number of nitrogens with two attached hydrogens (primary N) is 2. The van der Waals surface area contributed by atoms with Crippen molar-refractivity contribution in [3.8, 4) is 0 Å². The van der Waals surface area contributed by atoms with Gasteiger partial charge in [0.25, 0.3) is 40.5 Å². The summed E-state index contributed by atoms with van der Waals surface area (Å²) in [4.78, 5) is 36.8. The average Bonchev–Trinajstić information content (AvgIpc) is 3.58. The topological polar surface area (TPSA) is 443 Å². The Bertz CT molecular complexity index is 4520. The number of azo groups is 1. The van der Waals surface area contributed by atoms with Crippen molar-refractivity contribution in [1.82, 2.24) is 0 Å². The third-order valence-electron chi connectivity index (χ3n) is 12.0. The van der Waals surface area contributed by atoms with Crippen LogP contribution in [-0.4, -0.2) is 86.4 Å². The Balaban J connectivity index is 0.909.